The molecular weight excluding hydrogens is 405 g/mol. The first kappa shape index (κ1) is 21.3. The van der Waals surface area contributed by atoms with Gasteiger partial charge in [0.15, 0.2) is 0 Å². The molecule has 0 spiro atoms. The lowest BCUT2D eigenvalue weighted by Crippen LogP contribution is -2.13. The highest BCUT2D eigenvalue weighted by Crippen LogP contribution is 2.34. The number of carboxylic acids is 1. The third kappa shape index (κ3) is 5.37. The molecule has 7 heteroatoms. The molecule has 0 bridgehead atoms. The summed E-state index contributed by atoms with van der Waals surface area (Å²) in [4.78, 5) is 11.1. The second-order valence-corrected chi connectivity index (χ2v) is 7.49. The Kier molecular flexibility index (Phi) is 7.04. The smallest absolute Gasteiger partial charge is 0.303 e. The van der Waals surface area contributed by atoms with Crippen LogP contribution < -0.4 is 9.47 Å². The number of benzene rings is 2. The van der Waals surface area contributed by atoms with E-state index in [1.807, 2.05) is 54.1 Å². The normalized spacial score (nSPS) is 11.5. The lowest BCUT2D eigenvalue weighted by Gasteiger charge is -2.22. The van der Waals surface area contributed by atoms with Crippen molar-refractivity contribution in [3.05, 3.63) is 81.3 Å². The zero-order valence-corrected chi connectivity index (χ0v) is 17.1. The number of carboxylic acid groups (broad SMARTS) is 1. The highest BCUT2D eigenvalue weighted by molar-refractivity contribution is 7.07. The van der Waals surface area contributed by atoms with Crippen molar-refractivity contribution >= 4 is 17.3 Å². The summed E-state index contributed by atoms with van der Waals surface area (Å²) in [5.41, 5.74) is 2.41. The summed E-state index contributed by atoms with van der Waals surface area (Å²) in [6.45, 7) is 2.15. The van der Waals surface area contributed by atoms with E-state index in [2.05, 4.69) is 0 Å². The van der Waals surface area contributed by atoms with E-state index in [-0.39, 0.29) is 36.5 Å². The van der Waals surface area contributed by atoms with Crippen LogP contribution in [0.15, 0.2) is 53.2 Å². The molecule has 5 nitrogen and oxygen atoms in total. The Bertz CT molecular complexity index is 1060. The SMILES string of the molecule is Cc1ccccc1[C@H](CCC(=O)O)Oc1cc(OCc2ccsc2)cc(F)c1C#N. The van der Waals surface area contributed by atoms with E-state index in [1.54, 1.807) is 0 Å². The van der Waals surface area contributed by atoms with Gasteiger partial charge in [-0.2, -0.15) is 16.6 Å². The van der Waals surface area contributed by atoms with E-state index in [4.69, 9.17) is 14.6 Å². The molecule has 2 aromatic carbocycles. The molecule has 0 radical (unpaired) electrons. The Morgan fingerprint density at radius 1 is 1.30 bits per heavy atom. The van der Waals surface area contributed by atoms with Crippen LogP contribution in [0.1, 0.15) is 41.2 Å². The molecule has 0 saturated heterocycles. The number of aliphatic carboxylic acids is 1. The Morgan fingerprint density at radius 2 is 2.10 bits per heavy atom. The van der Waals surface area contributed by atoms with Crippen molar-refractivity contribution < 1.29 is 23.8 Å². The maximum Gasteiger partial charge on any atom is 0.303 e. The maximum absolute atomic E-state index is 14.5. The molecular formula is C23H20FNO4S. The number of aryl methyl sites for hydroxylation is 1. The van der Waals surface area contributed by atoms with Gasteiger partial charge in [-0.05, 0) is 46.9 Å². The second kappa shape index (κ2) is 9.90. The van der Waals surface area contributed by atoms with Gasteiger partial charge in [0.05, 0.1) is 0 Å². The minimum absolute atomic E-state index is 0.0245. The van der Waals surface area contributed by atoms with Gasteiger partial charge < -0.3 is 14.6 Å². The van der Waals surface area contributed by atoms with Gasteiger partial charge in [-0.25, -0.2) is 4.39 Å². The lowest BCUT2D eigenvalue weighted by molar-refractivity contribution is -0.137. The largest absolute Gasteiger partial charge is 0.489 e. The van der Waals surface area contributed by atoms with E-state index in [1.165, 1.54) is 17.4 Å². The minimum Gasteiger partial charge on any atom is -0.489 e. The number of nitrogens with zero attached hydrogens (tertiary/aromatic N) is 1. The summed E-state index contributed by atoms with van der Waals surface area (Å²) in [7, 11) is 0. The number of thiophene rings is 1. The van der Waals surface area contributed by atoms with Gasteiger partial charge in [-0.1, -0.05) is 24.3 Å². The maximum atomic E-state index is 14.5. The third-order valence-corrected chi connectivity index (χ3v) is 5.28. The monoisotopic (exact) mass is 425 g/mol. The van der Waals surface area contributed by atoms with Gasteiger partial charge >= 0.3 is 5.97 Å². The zero-order chi connectivity index (χ0) is 21.5. The number of hydrogen-bond donors (Lipinski definition) is 1. The molecule has 0 amide bonds. The molecule has 0 saturated carbocycles. The minimum atomic E-state index is -0.961. The molecule has 0 aliphatic carbocycles. The van der Waals surface area contributed by atoms with Crippen molar-refractivity contribution in [2.45, 2.75) is 32.5 Å². The first-order chi connectivity index (χ1) is 14.5. The first-order valence-corrected chi connectivity index (χ1v) is 10.2. The number of ether oxygens (including phenoxy) is 2. The van der Waals surface area contributed by atoms with Gasteiger partial charge in [0.2, 0.25) is 0 Å². The Labute approximate surface area is 177 Å². The fraction of sp³-hybridized carbons (Fsp3) is 0.217. The summed E-state index contributed by atoms with van der Waals surface area (Å²) in [6, 6.07) is 13.8. The van der Waals surface area contributed by atoms with Crippen molar-refractivity contribution in [2.24, 2.45) is 0 Å². The standard InChI is InChI=1S/C23H20FNO4S/c1-15-4-2-3-5-18(15)21(6-7-23(26)27)29-22-11-17(10-20(24)19(22)12-25)28-13-16-8-9-30-14-16/h2-5,8-11,14,21H,6-7,13H2,1H3,(H,26,27)/t21-/m0/s1. The van der Waals surface area contributed by atoms with Crippen LogP contribution in [0.25, 0.3) is 0 Å². The summed E-state index contributed by atoms with van der Waals surface area (Å²) in [5.74, 6) is -1.46. The van der Waals surface area contributed by atoms with E-state index >= 15 is 0 Å². The van der Waals surface area contributed by atoms with Crippen LogP contribution in [0.3, 0.4) is 0 Å². The van der Waals surface area contributed by atoms with Gasteiger partial charge in [-0.15, -0.1) is 0 Å². The predicted octanol–water partition coefficient (Wildman–Crippen LogP) is 5.63. The highest BCUT2D eigenvalue weighted by atomic mass is 32.1. The molecule has 1 atom stereocenters. The number of halogens is 1. The van der Waals surface area contributed by atoms with Crippen LogP contribution >= 0.6 is 11.3 Å². The predicted molar refractivity (Wildman–Crippen MR) is 111 cm³/mol. The molecule has 0 aliphatic heterocycles. The fourth-order valence-corrected chi connectivity index (χ4v) is 3.67. The average Bonchev–Trinajstić information content (AvgIpc) is 3.23. The van der Waals surface area contributed by atoms with Crippen LogP contribution in [-0.2, 0) is 11.4 Å². The zero-order valence-electron chi connectivity index (χ0n) is 16.3. The molecule has 0 aliphatic rings. The molecule has 30 heavy (non-hydrogen) atoms. The highest BCUT2D eigenvalue weighted by Gasteiger charge is 2.21. The van der Waals surface area contributed by atoms with Crippen molar-refractivity contribution in [2.75, 3.05) is 0 Å². The summed E-state index contributed by atoms with van der Waals surface area (Å²) < 4.78 is 26.2. The summed E-state index contributed by atoms with van der Waals surface area (Å²) >= 11 is 1.53. The van der Waals surface area contributed by atoms with Crippen LogP contribution in [0.5, 0.6) is 11.5 Å². The number of hydrogen-bond acceptors (Lipinski definition) is 5. The Hall–Kier alpha value is -3.37. The molecule has 154 valence electrons. The summed E-state index contributed by atoms with van der Waals surface area (Å²) in [6.07, 6.45) is -0.606. The third-order valence-electron chi connectivity index (χ3n) is 4.55. The lowest BCUT2D eigenvalue weighted by atomic mass is 9.99. The number of carbonyl (C=O) groups is 1. The molecule has 1 aromatic heterocycles. The molecule has 3 aromatic rings. The van der Waals surface area contributed by atoms with Crippen molar-refractivity contribution in [1.29, 1.82) is 5.26 Å². The van der Waals surface area contributed by atoms with E-state index in [0.717, 1.165) is 22.8 Å². The number of rotatable bonds is 9. The van der Waals surface area contributed by atoms with E-state index in [9.17, 15) is 14.4 Å². The Balaban J connectivity index is 1.91. The number of nitriles is 1. The first-order valence-electron chi connectivity index (χ1n) is 9.29. The van der Waals surface area contributed by atoms with Crippen molar-refractivity contribution in [3.63, 3.8) is 0 Å². The van der Waals surface area contributed by atoms with Gasteiger partial charge in [0, 0.05) is 18.6 Å². The average molecular weight is 425 g/mol. The molecule has 3 rings (SSSR count). The van der Waals surface area contributed by atoms with Gasteiger partial charge in [-0.3, -0.25) is 4.79 Å². The van der Waals surface area contributed by atoms with E-state index in [0.29, 0.717) is 0 Å². The van der Waals surface area contributed by atoms with Crippen molar-refractivity contribution in [1.82, 2.24) is 0 Å². The molecule has 1 heterocycles. The summed E-state index contributed by atoms with van der Waals surface area (Å²) in [5, 5.41) is 22.4. The van der Waals surface area contributed by atoms with Crippen LogP contribution in [0, 0.1) is 24.1 Å². The van der Waals surface area contributed by atoms with Crippen LogP contribution in [-0.4, -0.2) is 11.1 Å². The van der Waals surface area contributed by atoms with Crippen LogP contribution in [0.2, 0.25) is 0 Å². The molecule has 1 N–H and O–H groups in total. The van der Waals surface area contributed by atoms with Gasteiger partial charge in [0.25, 0.3) is 0 Å². The fourth-order valence-electron chi connectivity index (χ4n) is 3.02. The van der Waals surface area contributed by atoms with Gasteiger partial charge in [0.1, 0.15) is 41.7 Å². The quantitative estimate of drug-likeness (QED) is 0.480. The van der Waals surface area contributed by atoms with Crippen LogP contribution in [0.4, 0.5) is 4.39 Å². The Morgan fingerprint density at radius 3 is 2.77 bits per heavy atom. The topological polar surface area (TPSA) is 79.6 Å². The molecule has 0 unspecified atom stereocenters. The van der Waals surface area contributed by atoms with Crippen molar-refractivity contribution in [3.8, 4) is 17.6 Å². The molecule has 0 fully saturated rings. The second-order valence-electron chi connectivity index (χ2n) is 6.71. The van der Waals surface area contributed by atoms with E-state index < -0.39 is 17.9 Å².